The molecule has 1 amide bonds. The van der Waals surface area contributed by atoms with Gasteiger partial charge in [0.05, 0.1) is 6.42 Å². The van der Waals surface area contributed by atoms with Crippen LogP contribution in [-0.4, -0.2) is 54.5 Å². The molecule has 6 heteroatoms. The molecular formula is C15H21F2N3O. The van der Waals surface area contributed by atoms with E-state index in [1.54, 1.807) is 4.90 Å². The molecule has 21 heavy (non-hydrogen) atoms. The summed E-state index contributed by atoms with van der Waals surface area (Å²) in [6.07, 6.45) is -0.0292. The lowest BCUT2D eigenvalue weighted by Gasteiger charge is -2.37. The molecular weight excluding hydrogens is 276 g/mol. The molecule has 0 radical (unpaired) electrons. The van der Waals surface area contributed by atoms with Crippen molar-refractivity contribution >= 4 is 5.91 Å². The highest BCUT2D eigenvalue weighted by Gasteiger charge is 2.24. The second-order valence-corrected chi connectivity index (χ2v) is 5.41. The maximum absolute atomic E-state index is 13.6. The molecule has 1 heterocycles. The van der Waals surface area contributed by atoms with Gasteiger partial charge >= 0.3 is 0 Å². The van der Waals surface area contributed by atoms with Gasteiger partial charge in [0.15, 0.2) is 0 Å². The van der Waals surface area contributed by atoms with Crippen LogP contribution in [0.5, 0.6) is 0 Å². The zero-order valence-electron chi connectivity index (χ0n) is 12.2. The maximum atomic E-state index is 13.6. The van der Waals surface area contributed by atoms with Gasteiger partial charge in [-0.05, 0) is 18.6 Å². The van der Waals surface area contributed by atoms with Crippen molar-refractivity contribution in [2.75, 3.05) is 32.7 Å². The molecule has 0 aliphatic carbocycles. The number of carbonyl (C=O) groups excluding carboxylic acids is 1. The van der Waals surface area contributed by atoms with Crippen LogP contribution in [0, 0.1) is 11.6 Å². The second-order valence-electron chi connectivity index (χ2n) is 5.41. The highest BCUT2D eigenvalue weighted by atomic mass is 19.1. The Morgan fingerprint density at radius 1 is 1.29 bits per heavy atom. The van der Waals surface area contributed by atoms with Gasteiger partial charge < -0.3 is 10.6 Å². The molecule has 2 N–H and O–H groups in total. The first-order chi connectivity index (χ1) is 10.0. The quantitative estimate of drug-likeness (QED) is 0.902. The van der Waals surface area contributed by atoms with Crippen molar-refractivity contribution in [3.8, 4) is 0 Å². The molecule has 4 nitrogen and oxygen atoms in total. The lowest BCUT2D eigenvalue weighted by molar-refractivity contribution is -0.132. The lowest BCUT2D eigenvalue weighted by atomic mass is 10.1. The smallest absolute Gasteiger partial charge is 0.227 e. The van der Waals surface area contributed by atoms with Crippen LogP contribution in [0.1, 0.15) is 12.5 Å². The zero-order valence-corrected chi connectivity index (χ0v) is 12.2. The first-order valence-corrected chi connectivity index (χ1v) is 7.17. The van der Waals surface area contributed by atoms with E-state index in [2.05, 4.69) is 11.8 Å². The van der Waals surface area contributed by atoms with Crippen LogP contribution >= 0.6 is 0 Å². The number of halogens is 2. The molecule has 0 aromatic heterocycles. The summed E-state index contributed by atoms with van der Waals surface area (Å²) in [4.78, 5) is 16.1. The van der Waals surface area contributed by atoms with Crippen molar-refractivity contribution in [3.05, 3.63) is 35.4 Å². The minimum absolute atomic E-state index is 0.0292. The Hall–Kier alpha value is -1.53. The molecule has 1 saturated heterocycles. The van der Waals surface area contributed by atoms with E-state index in [1.165, 1.54) is 12.1 Å². The van der Waals surface area contributed by atoms with Crippen LogP contribution < -0.4 is 5.73 Å². The first-order valence-electron chi connectivity index (χ1n) is 7.17. The Labute approximate surface area is 123 Å². The van der Waals surface area contributed by atoms with Crippen molar-refractivity contribution in [2.24, 2.45) is 5.73 Å². The van der Waals surface area contributed by atoms with Gasteiger partial charge in [0, 0.05) is 44.8 Å². The Balaban J connectivity index is 1.90. The largest absolute Gasteiger partial charge is 0.340 e. The van der Waals surface area contributed by atoms with E-state index in [9.17, 15) is 13.6 Å². The molecule has 1 atom stereocenters. The molecule has 1 aromatic rings. The average Bonchev–Trinajstić information content (AvgIpc) is 2.49. The fourth-order valence-electron chi connectivity index (χ4n) is 2.50. The SMILES string of the molecule is CC(CN)N1CCN(C(=O)Cc2ccc(F)cc2F)CC1. The number of carbonyl (C=O) groups is 1. The van der Waals surface area contributed by atoms with Crippen molar-refractivity contribution < 1.29 is 13.6 Å². The van der Waals surface area contributed by atoms with Crippen molar-refractivity contribution in [2.45, 2.75) is 19.4 Å². The summed E-state index contributed by atoms with van der Waals surface area (Å²) in [5.74, 6) is -1.42. The minimum atomic E-state index is -0.668. The van der Waals surface area contributed by atoms with Crippen LogP contribution in [0.2, 0.25) is 0 Å². The van der Waals surface area contributed by atoms with Gasteiger partial charge in [-0.1, -0.05) is 6.07 Å². The minimum Gasteiger partial charge on any atom is -0.340 e. The number of benzene rings is 1. The van der Waals surface area contributed by atoms with Crippen LogP contribution in [-0.2, 0) is 11.2 Å². The van der Waals surface area contributed by atoms with Gasteiger partial charge in [-0.25, -0.2) is 8.78 Å². The summed E-state index contributed by atoms with van der Waals surface area (Å²) in [6, 6.07) is 3.61. The second kappa shape index (κ2) is 6.95. The molecule has 1 unspecified atom stereocenters. The summed E-state index contributed by atoms with van der Waals surface area (Å²) in [5.41, 5.74) is 5.87. The topological polar surface area (TPSA) is 49.6 Å². The Kier molecular flexibility index (Phi) is 5.25. The van der Waals surface area contributed by atoms with Gasteiger partial charge in [-0.2, -0.15) is 0 Å². The predicted octanol–water partition coefficient (Wildman–Crippen LogP) is 0.999. The standard InChI is InChI=1S/C15H21F2N3O/c1-11(10-18)19-4-6-20(7-5-19)15(21)8-12-2-3-13(16)9-14(12)17/h2-3,9,11H,4-8,10,18H2,1H3. The highest BCUT2D eigenvalue weighted by Crippen LogP contribution is 2.13. The monoisotopic (exact) mass is 297 g/mol. The molecule has 116 valence electrons. The summed E-state index contributed by atoms with van der Waals surface area (Å²) < 4.78 is 26.4. The maximum Gasteiger partial charge on any atom is 0.227 e. The summed E-state index contributed by atoms with van der Waals surface area (Å²) in [7, 11) is 0. The van der Waals surface area contributed by atoms with E-state index in [-0.39, 0.29) is 17.9 Å². The third-order valence-electron chi connectivity index (χ3n) is 3.99. The molecule has 0 spiro atoms. The molecule has 0 bridgehead atoms. The van der Waals surface area contributed by atoms with Crippen LogP contribution in [0.3, 0.4) is 0 Å². The molecule has 1 aliphatic rings. The van der Waals surface area contributed by atoms with Crippen LogP contribution in [0.25, 0.3) is 0 Å². The van der Waals surface area contributed by atoms with E-state index in [0.717, 1.165) is 19.2 Å². The summed E-state index contributed by atoms with van der Waals surface area (Å²) >= 11 is 0. The number of nitrogens with two attached hydrogens (primary N) is 1. The van der Waals surface area contributed by atoms with Crippen molar-refractivity contribution in [3.63, 3.8) is 0 Å². The number of piperazine rings is 1. The van der Waals surface area contributed by atoms with E-state index < -0.39 is 11.6 Å². The summed E-state index contributed by atoms with van der Waals surface area (Å²) in [6.45, 7) is 5.43. The number of hydrogen-bond acceptors (Lipinski definition) is 3. The van der Waals surface area contributed by atoms with Crippen molar-refractivity contribution in [1.82, 2.24) is 9.80 Å². The Bertz CT molecular complexity index is 502. The highest BCUT2D eigenvalue weighted by molar-refractivity contribution is 5.79. The molecule has 1 aliphatic heterocycles. The van der Waals surface area contributed by atoms with Gasteiger partial charge in [0.2, 0.25) is 5.91 Å². The fraction of sp³-hybridized carbons (Fsp3) is 0.533. The molecule has 1 fully saturated rings. The first kappa shape index (κ1) is 15.9. The summed E-state index contributed by atoms with van der Waals surface area (Å²) in [5, 5.41) is 0. The third kappa shape index (κ3) is 3.98. The van der Waals surface area contributed by atoms with E-state index in [4.69, 9.17) is 5.73 Å². The fourth-order valence-corrected chi connectivity index (χ4v) is 2.50. The Morgan fingerprint density at radius 2 is 1.95 bits per heavy atom. The van der Waals surface area contributed by atoms with Gasteiger partial charge in [0.25, 0.3) is 0 Å². The predicted molar refractivity (Wildman–Crippen MR) is 76.7 cm³/mol. The molecule has 2 rings (SSSR count). The zero-order chi connectivity index (χ0) is 15.4. The number of rotatable bonds is 4. The normalized spacial score (nSPS) is 17.8. The van der Waals surface area contributed by atoms with E-state index in [1.807, 2.05) is 0 Å². The third-order valence-corrected chi connectivity index (χ3v) is 3.99. The van der Waals surface area contributed by atoms with Crippen molar-refractivity contribution in [1.29, 1.82) is 0 Å². The molecule has 1 aromatic carbocycles. The average molecular weight is 297 g/mol. The number of nitrogens with zero attached hydrogens (tertiary/aromatic N) is 2. The van der Waals surface area contributed by atoms with Gasteiger partial charge in [-0.15, -0.1) is 0 Å². The lowest BCUT2D eigenvalue weighted by Crippen LogP contribution is -2.53. The van der Waals surface area contributed by atoms with E-state index in [0.29, 0.717) is 25.7 Å². The van der Waals surface area contributed by atoms with Gasteiger partial charge in [0.1, 0.15) is 11.6 Å². The van der Waals surface area contributed by atoms with E-state index >= 15 is 0 Å². The van der Waals surface area contributed by atoms with Gasteiger partial charge in [-0.3, -0.25) is 9.69 Å². The number of hydrogen-bond donors (Lipinski definition) is 1. The van der Waals surface area contributed by atoms with Crippen LogP contribution in [0.4, 0.5) is 8.78 Å². The molecule has 0 saturated carbocycles. The Morgan fingerprint density at radius 3 is 2.52 bits per heavy atom. The number of amides is 1. The van der Waals surface area contributed by atoms with Crippen LogP contribution in [0.15, 0.2) is 18.2 Å².